The summed E-state index contributed by atoms with van der Waals surface area (Å²) in [5.41, 5.74) is 1.83. The second-order valence-corrected chi connectivity index (χ2v) is 8.83. The molecule has 0 bridgehead atoms. The summed E-state index contributed by atoms with van der Waals surface area (Å²) in [4.78, 5) is 17.5. The molecule has 4 aromatic rings. The van der Waals surface area contributed by atoms with Crippen molar-refractivity contribution >= 4 is 28.1 Å². The highest BCUT2D eigenvalue weighted by Crippen LogP contribution is 2.37. The molecule has 0 fully saturated rings. The predicted octanol–water partition coefficient (Wildman–Crippen LogP) is 5.71. The quantitative estimate of drug-likeness (QED) is 0.379. The number of carbonyl (C=O) groups excluding carboxylic acids is 1. The highest BCUT2D eigenvalue weighted by atomic mass is 32.1. The van der Waals surface area contributed by atoms with Gasteiger partial charge in [0.2, 0.25) is 6.79 Å². The van der Waals surface area contributed by atoms with E-state index in [-0.39, 0.29) is 19.4 Å². The van der Waals surface area contributed by atoms with Gasteiger partial charge in [0.05, 0.1) is 11.1 Å². The van der Waals surface area contributed by atoms with Gasteiger partial charge in [0.15, 0.2) is 11.5 Å². The van der Waals surface area contributed by atoms with Crippen LogP contribution in [-0.4, -0.2) is 17.7 Å². The lowest BCUT2D eigenvalue weighted by Crippen LogP contribution is -2.31. The van der Waals surface area contributed by atoms with Crippen LogP contribution in [0.2, 0.25) is 0 Å². The number of hydrogen-bond acceptors (Lipinski definition) is 6. The first-order chi connectivity index (χ1) is 15.0. The molecule has 0 unspecified atom stereocenters. The van der Waals surface area contributed by atoms with E-state index in [1.807, 2.05) is 67.8 Å². The molecule has 0 spiro atoms. The van der Waals surface area contributed by atoms with Gasteiger partial charge in [-0.2, -0.15) is 0 Å². The maximum atomic E-state index is 12.9. The number of hydrogen-bond donors (Lipinski definition) is 0. The Kier molecular flexibility index (Phi) is 4.87. The standard InChI is InChI=1S/C25H21NO4S/c1-25(2,19-9-7-16-5-3-4-6-17(16)11-19)24(27)28-13-20-14-31-23(26-20)18-8-10-21-22(12-18)30-15-29-21/h3-12,14H,13,15H2,1-2H3. The largest absolute Gasteiger partial charge is 0.458 e. The van der Waals surface area contributed by atoms with Crippen molar-refractivity contribution in [3.8, 4) is 22.1 Å². The molecule has 0 amide bonds. The molecular formula is C25H21NO4S. The first kappa shape index (κ1) is 19.6. The molecular weight excluding hydrogens is 410 g/mol. The first-order valence-corrected chi connectivity index (χ1v) is 10.9. The van der Waals surface area contributed by atoms with Crippen molar-refractivity contribution in [3.05, 3.63) is 77.3 Å². The third kappa shape index (κ3) is 3.75. The second kappa shape index (κ2) is 7.71. The van der Waals surface area contributed by atoms with Crippen LogP contribution < -0.4 is 9.47 Å². The third-order valence-corrected chi connectivity index (χ3v) is 6.44. The SMILES string of the molecule is CC(C)(C(=O)OCc1csc(-c2ccc3c(c2)OCO3)n1)c1ccc2ccccc2c1. The normalized spacial score (nSPS) is 12.8. The average molecular weight is 432 g/mol. The summed E-state index contributed by atoms with van der Waals surface area (Å²) < 4.78 is 16.4. The molecule has 5 rings (SSSR count). The first-order valence-electron chi connectivity index (χ1n) is 10.0. The van der Waals surface area contributed by atoms with Gasteiger partial charge in [0, 0.05) is 10.9 Å². The van der Waals surface area contributed by atoms with Gasteiger partial charge < -0.3 is 14.2 Å². The van der Waals surface area contributed by atoms with E-state index in [0.717, 1.165) is 44.1 Å². The number of carbonyl (C=O) groups is 1. The number of thiazole rings is 1. The van der Waals surface area contributed by atoms with Crippen LogP contribution in [0, 0.1) is 0 Å². The molecule has 0 N–H and O–H groups in total. The molecule has 0 saturated heterocycles. The number of rotatable bonds is 5. The van der Waals surface area contributed by atoms with Crippen molar-refractivity contribution in [2.45, 2.75) is 25.9 Å². The van der Waals surface area contributed by atoms with Crippen molar-refractivity contribution in [1.29, 1.82) is 0 Å². The number of nitrogens with zero attached hydrogens (tertiary/aromatic N) is 1. The lowest BCUT2D eigenvalue weighted by atomic mass is 9.84. The topological polar surface area (TPSA) is 57.7 Å². The molecule has 1 aliphatic heterocycles. The van der Waals surface area contributed by atoms with Crippen molar-refractivity contribution in [3.63, 3.8) is 0 Å². The highest BCUT2D eigenvalue weighted by Gasteiger charge is 2.32. The number of benzene rings is 3. The van der Waals surface area contributed by atoms with Crippen LogP contribution in [0.1, 0.15) is 25.1 Å². The molecule has 2 heterocycles. The van der Waals surface area contributed by atoms with Crippen LogP contribution >= 0.6 is 11.3 Å². The Morgan fingerprint density at radius 1 is 1.03 bits per heavy atom. The van der Waals surface area contributed by atoms with E-state index in [2.05, 4.69) is 17.1 Å². The molecule has 0 saturated carbocycles. The zero-order chi connectivity index (χ0) is 21.4. The number of aromatic nitrogens is 1. The molecule has 1 aromatic heterocycles. The smallest absolute Gasteiger partial charge is 0.316 e. The van der Waals surface area contributed by atoms with Gasteiger partial charge in [-0.05, 0) is 48.4 Å². The van der Waals surface area contributed by atoms with Crippen molar-refractivity contribution in [1.82, 2.24) is 4.98 Å². The Hall–Kier alpha value is -3.38. The minimum Gasteiger partial charge on any atom is -0.458 e. The third-order valence-electron chi connectivity index (χ3n) is 5.50. The second-order valence-electron chi connectivity index (χ2n) is 7.98. The number of fused-ring (bicyclic) bond motifs is 2. The van der Waals surface area contributed by atoms with Gasteiger partial charge >= 0.3 is 5.97 Å². The molecule has 31 heavy (non-hydrogen) atoms. The maximum Gasteiger partial charge on any atom is 0.316 e. The summed E-state index contributed by atoms with van der Waals surface area (Å²) >= 11 is 1.51. The van der Waals surface area contributed by atoms with E-state index in [1.165, 1.54) is 11.3 Å². The average Bonchev–Trinajstić information content (AvgIpc) is 3.46. The van der Waals surface area contributed by atoms with Crippen LogP contribution in [0.4, 0.5) is 0 Å². The van der Waals surface area contributed by atoms with Crippen molar-refractivity contribution < 1.29 is 19.0 Å². The van der Waals surface area contributed by atoms with E-state index < -0.39 is 5.41 Å². The van der Waals surface area contributed by atoms with Gasteiger partial charge in [0.25, 0.3) is 0 Å². The van der Waals surface area contributed by atoms with Gasteiger partial charge in [-0.15, -0.1) is 11.3 Å². The lowest BCUT2D eigenvalue weighted by molar-refractivity contribution is -0.150. The van der Waals surface area contributed by atoms with Crippen molar-refractivity contribution in [2.24, 2.45) is 0 Å². The fraction of sp³-hybridized carbons (Fsp3) is 0.200. The van der Waals surface area contributed by atoms with E-state index in [1.54, 1.807) is 0 Å². The Morgan fingerprint density at radius 3 is 2.71 bits per heavy atom. The monoisotopic (exact) mass is 431 g/mol. The van der Waals surface area contributed by atoms with E-state index in [9.17, 15) is 4.79 Å². The predicted molar refractivity (Wildman–Crippen MR) is 120 cm³/mol. The summed E-state index contributed by atoms with van der Waals surface area (Å²) in [7, 11) is 0. The maximum absolute atomic E-state index is 12.9. The molecule has 0 aliphatic carbocycles. The lowest BCUT2D eigenvalue weighted by Gasteiger charge is -2.23. The molecule has 6 heteroatoms. The molecule has 0 atom stereocenters. The molecule has 3 aromatic carbocycles. The van der Waals surface area contributed by atoms with E-state index in [0.29, 0.717) is 0 Å². The van der Waals surface area contributed by atoms with E-state index >= 15 is 0 Å². The zero-order valence-electron chi connectivity index (χ0n) is 17.3. The summed E-state index contributed by atoms with van der Waals surface area (Å²) in [6.45, 7) is 4.15. The minimum atomic E-state index is -0.764. The van der Waals surface area contributed by atoms with Crippen LogP contribution in [0.3, 0.4) is 0 Å². The Balaban J connectivity index is 1.28. The van der Waals surface area contributed by atoms with Gasteiger partial charge in [-0.3, -0.25) is 4.79 Å². The van der Waals surface area contributed by atoms with Crippen molar-refractivity contribution in [2.75, 3.05) is 6.79 Å². The van der Waals surface area contributed by atoms with Crippen LogP contribution in [0.15, 0.2) is 66.0 Å². The molecule has 156 valence electrons. The van der Waals surface area contributed by atoms with Gasteiger partial charge in [0.1, 0.15) is 11.6 Å². The summed E-state index contributed by atoms with van der Waals surface area (Å²) in [5.74, 6) is 1.18. The van der Waals surface area contributed by atoms with Crippen LogP contribution in [-0.2, 0) is 21.6 Å². The summed E-state index contributed by atoms with van der Waals surface area (Å²) in [5, 5.41) is 5.01. The molecule has 1 aliphatic rings. The van der Waals surface area contributed by atoms with E-state index in [4.69, 9.17) is 14.2 Å². The molecule has 5 nitrogen and oxygen atoms in total. The van der Waals surface area contributed by atoms with Gasteiger partial charge in [-0.25, -0.2) is 4.98 Å². The number of ether oxygens (including phenoxy) is 3. The summed E-state index contributed by atoms with van der Waals surface area (Å²) in [6.07, 6.45) is 0. The van der Waals surface area contributed by atoms with Crippen LogP contribution in [0.25, 0.3) is 21.3 Å². The Morgan fingerprint density at radius 2 is 1.84 bits per heavy atom. The Bertz CT molecular complexity index is 1280. The molecule has 0 radical (unpaired) electrons. The Labute approximate surface area is 184 Å². The highest BCUT2D eigenvalue weighted by molar-refractivity contribution is 7.13. The van der Waals surface area contributed by atoms with Crippen LogP contribution in [0.5, 0.6) is 11.5 Å². The fourth-order valence-electron chi connectivity index (χ4n) is 3.55. The number of esters is 1. The fourth-order valence-corrected chi connectivity index (χ4v) is 4.35. The minimum absolute atomic E-state index is 0.136. The zero-order valence-corrected chi connectivity index (χ0v) is 18.1. The van der Waals surface area contributed by atoms with Gasteiger partial charge in [-0.1, -0.05) is 42.5 Å². The summed E-state index contributed by atoms with van der Waals surface area (Å²) in [6, 6.07) is 19.9.